The van der Waals surface area contributed by atoms with Crippen LogP contribution in [0.3, 0.4) is 0 Å². The van der Waals surface area contributed by atoms with Crippen LogP contribution in [-0.2, 0) is 0 Å². The summed E-state index contributed by atoms with van der Waals surface area (Å²) in [4.78, 5) is 12.5. The molecule has 1 saturated carbocycles. The summed E-state index contributed by atoms with van der Waals surface area (Å²) in [6.07, 6.45) is 6.92. The first-order chi connectivity index (χ1) is 16.4. The molecule has 0 radical (unpaired) electrons. The monoisotopic (exact) mass is 468 g/mol. The first kappa shape index (κ1) is 23.8. The Morgan fingerprint density at radius 2 is 1.71 bits per heavy atom. The predicted octanol–water partition coefficient (Wildman–Crippen LogP) is 7.57. The normalized spacial score (nSPS) is 17.8. The number of ether oxygens (including phenoxy) is 1. The van der Waals surface area contributed by atoms with Crippen molar-refractivity contribution >= 4 is 16.7 Å². The van der Waals surface area contributed by atoms with Gasteiger partial charge >= 0.3 is 5.97 Å². The lowest BCUT2D eigenvalue weighted by molar-refractivity contribution is 0.0730. The quantitative estimate of drug-likeness (QED) is 0.130. The molecule has 0 aromatic heterocycles. The van der Waals surface area contributed by atoms with Crippen molar-refractivity contribution in [1.29, 1.82) is 0 Å². The van der Waals surface area contributed by atoms with Gasteiger partial charge in [-0.3, -0.25) is 0 Å². The first-order valence-corrected chi connectivity index (χ1v) is 11.5. The van der Waals surface area contributed by atoms with E-state index in [0.717, 1.165) is 24.8 Å². The molecule has 0 spiro atoms. The second kappa shape index (κ2) is 10.3. The summed E-state index contributed by atoms with van der Waals surface area (Å²) < 4.78 is 60.5. The van der Waals surface area contributed by atoms with Crippen LogP contribution in [0.5, 0.6) is 5.75 Å². The third kappa shape index (κ3) is 5.25. The first-order valence-electron chi connectivity index (χ1n) is 11.5. The van der Waals surface area contributed by atoms with Crippen molar-refractivity contribution < 1.29 is 27.1 Å². The summed E-state index contributed by atoms with van der Waals surface area (Å²) in [6.45, 7) is 2.20. The Hall–Kier alpha value is -3.33. The zero-order chi connectivity index (χ0) is 24.2. The van der Waals surface area contributed by atoms with E-state index < -0.39 is 29.2 Å². The third-order valence-electron chi connectivity index (χ3n) is 6.31. The average molecular weight is 468 g/mol. The molecule has 0 bridgehead atoms. The van der Waals surface area contributed by atoms with E-state index in [9.17, 15) is 22.4 Å². The van der Waals surface area contributed by atoms with E-state index in [1.54, 1.807) is 6.07 Å². The number of fused-ring (bicyclic) bond motifs is 1. The van der Waals surface area contributed by atoms with Crippen LogP contribution in [0.1, 0.15) is 61.4 Å². The van der Waals surface area contributed by atoms with E-state index in [0.29, 0.717) is 11.5 Å². The Kier molecular flexibility index (Phi) is 7.21. The van der Waals surface area contributed by atoms with E-state index in [-0.39, 0.29) is 22.1 Å². The highest BCUT2D eigenvalue weighted by Gasteiger charge is 2.20. The summed E-state index contributed by atoms with van der Waals surface area (Å²) in [5, 5.41) is -0.150. The topological polar surface area (TPSA) is 26.3 Å². The minimum atomic E-state index is -1.58. The van der Waals surface area contributed by atoms with Gasteiger partial charge in [0.1, 0.15) is 11.6 Å². The smallest absolute Gasteiger partial charge is 0.346 e. The van der Waals surface area contributed by atoms with Crippen LogP contribution >= 0.6 is 0 Å². The number of carbonyl (C=O) groups is 1. The molecule has 0 saturated heterocycles. The minimum absolute atomic E-state index is 0.0107. The second-order valence-electron chi connectivity index (χ2n) is 8.73. The van der Waals surface area contributed by atoms with Gasteiger partial charge in [0.05, 0.1) is 5.56 Å². The highest BCUT2D eigenvalue weighted by molar-refractivity contribution is 5.92. The van der Waals surface area contributed by atoms with Gasteiger partial charge in [0.25, 0.3) is 0 Å². The maximum Gasteiger partial charge on any atom is 0.346 e. The van der Waals surface area contributed by atoms with Crippen molar-refractivity contribution in [3.8, 4) is 17.6 Å². The fraction of sp³-hybridized carbons (Fsp3) is 0.321. The van der Waals surface area contributed by atoms with Gasteiger partial charge in [0.15, 0.2) is 17.5 Å². The molecular formula is C28H24F4O2. The van der Waals surface area contributed by atoms with Gasteiger partial charge in [-0.15, -0.1) is 0 Å². The molecule has 34 heavy (non-hydrogen) atoms. The fourth-order valence-electron chi connectivity index (χ4n) is 4.46. The van der Waals surface area contributed by atoms with Crippen LogP contribution in [0.2, 0.25) is 0 Å². The van der Waals surface area contributed by atoms with Gasteiger partial charge in [0.2, 0.25) is 0 Å². The molecular weight excluding hydrogens is 444 g/mol. The number of rotatable bonds is 4. The molecule has 1 aliphatic rings. The number of esters is 1. The van der Waals surface area contributed by atoms with Crippen molar-refractivity contribution in [2.24, 2.45) is 11.8 Å². The predicted molar refractivity (Wildman–Crippen MR) is 122 cm³/mol. The van der Waals surface area contributed by atoms with E-state index >= 15 is 0 Å². The molecule has 6 heteroatoms. The van der Waals surface area contributed by atoms with Gasteiger partial charge in [-0.1, -0.05) is 31.6 Å². The summed E-state index contributed by atoms with van der Waals surface area (Å²) in [7, 11) is 0. The van der Waals surface area contributed by atoms with E-state index in [1.807, 2.05) is 0 Å². The van der Waals surface area contributed by atoms with E-state index in [1.165, 1.54) is 56.0 Å². The SMILES string of the molecule is CCCC1CCC(C#Cc2ccc(C(=O)Oc3ccc4c(F)c(F)c(F)cc4c3)c(F)c2)CC1. The molecule has 1 aliphatic carbocycles. The number of halogens is 4. The molecule has 0 unspecified atom stereocenters. The van der Waals surface area contributed by atoms with Crippen molar-refractivity contribution in [3.05, 3.63) is 76.9 Å². The Bertz CT molecular complexity index is 1280. The highest BCUT2D eigenvalue weighted by atomic mass is 19.2. The molecule has 3 aromatic carbocycles. The minimum Gasteiger partial charge on any atom is -0.423 e. The van der Waals surface area contributed by atoms with Crippen LogP contribution in [0.25, 0.3) is 10.8 Å². The number of hydrogen-bond donors (Lipinski definition) is 0. The Morgan fingerprint density at radius 3 is 2.41 bits per heavy atom. The maximum absolute atomic E-state index is 14.6. The standard InChI is InChI=1S/C28H24F4O2/c1-2-3-17-4-6-18(7-5-17)8-9-19-10-12-23(24(29)14-19)28(33)34-21-11-13-22-20(15-21)16-25(30)27(32)26(22)31/h10-18H,2-7H2,1H3. The molecule has 4 rings (SSSR count). The Labute approximate surface area is 195 Å². The molecule has 0 amide bonds. The van der Waals surface area contributed by atoms with Crippen LogP contribution in [-0.4, -0.2) is 5.97 Å². The zero-order valence-corrected chi connectivity index (χ0v) is 18.8. The summed E-state index contributed by atoms with van der Waals surface area (Å²) in [5.74, 6) is 1.27. The molecule has 3 aromatic rings. The van der Waals surface area contributed by atoms with E-state index in [4.69, 9.17) is 4.74 Å². The van der Waals surface area contributed by atoms with Gasteiger partial charge in [-0.25, -0.2) is 22.4 Å². The molecule has 0 aliphatic heterocycles. The number of benzene rings is 3. The van der Waals surface area contributed by atoms with Gasteiger partial charge < -0.3 is 4.74 Å². The second-order valence-corrected chi connectivity index (χ2v) is 8.73. The average Bonchev–Trinajstić information content (AvgIpc) is 2.82. The maximum atomic E-state index is 14.6. The third-order valence-corrected chi connectivity index (χ3v) is 6.31. The summed E-state index contributed by atoms with van der Waals surface area (Å²) in [6, 6.07) is 8.44. The van der Waals surface area contributed by atoms with E-state index in [2.05, 4.69) is 18.8 Å². The largest absolute Gasteiger partial charge is 0.423 e. The van der Waals surface area contributed by atoms with Gasteiger partial charge in [0, 0.05) is 16.9 Å². The Balaban J connectivity index is 1.44. The van der Waals surface area contributed by atoms with Gasteiger partial charge in [-0.2, -0.15) is 0 Å². The highest BCUT2D eigenvalue weighted by Crippen LogP contribution is 2.31. The summed E-state index contributed by atoms with van der Waals surface area (Å²) >= 11 is 0. The van der Waals surface area contributed by atoms with Crippen LogP contribution in [0.4, 0.5) is 17.6 Å². The molecule has 1 fully saturated rings. The molecule has 2 nitrogen and oxygen atoms in total. The molecule has 176 valence electrons. The molecule has 0 N–H and O–H groups in total. The van der Waals surface area contributed by atoms with Crippen molar-refractivity contribution in [3.63, 3.8) is 0 Å². The van der Waals surface area contributed by atoms with Crippen LogP contribution < -0.4 is 4.74 Å². The molecule has 0 atom stereocenters. The zero-order valence-electron chi connectivity index (χ0n) is 18.8. The van der Waals surface area contributed by atoms with Crippen LogP contribution in [0.15, 0.2) is 42.5 Å². The lowest BCUT2D eigenvalue weighted by atomic mass is 9.80. The molecule has 0 heterocycles. The summed E-state index contributed by atoms with van der Waals surface area (Å²) in [5.41, 5.74) is 0.186. The van der Waals surface area contributed by atoms with Crippen molar-refractivity contribution in [2.45, 2.75) is 45.4 Å². The van der Waals surface area contributed by atoms with Crippen LogP contribution in [0, 0.1) is 46.9 Å². The lowest BCUT2D eigenvalue weighted by Gasteiger charge is -2.25. The Morgan fingerprint density at radius 1 is 0.941 bits per heavy atom. The van der Waals surface area contributed by atoms with Crippen molar-refractivity contribution in [2.75, 3.05) is 0 Å². The fourth-order valence-corrected chi connectivity index (χ4v) is 4.46. The number of hydrogen-bond acceptors (Lipinski definition) is 2. The van der Waals surface area contributed by atoms with Gasteiger partial charge in [-0.05, 0) is 79.5 Å². The lowest BCUT2D eigenvalue weighted by Crippen LogP contribution is -2.13. The number of carbonyl (C=O) groups excluding carboxylic acids is 1. The van der Waals surface area contributed by atoms with Crippen molar-refractivity contribution in [1.82, 2.24) is 0 Å².